The van der Waals surface area contributed by atoms with Crippen LogP contribution in [0.15, 0.2) is 0 Å². The molecule has 17 heavy (non-hydrogen) atoms. The van der Waals surface area contributed by atoms with E-state index >= 15 is 0 Å². The van der Waals surface area contributed by atoms with Crippen LogP contribution in [0.5, 0.6) is 0 Å². The number of carbonyl (C=O) groups is 1. The van der Waals surface area contributed by atoms with Gasteiger partial charge in [-0.05, 0) is 38.5 Å². The van der Waals surface area contributed by atoms with E-state index in [4.69, 9.17) is 4.74 Å². The predicted molar refractivity (Wildman–Crippen MR) is 64.6 cm³/mol. The van der Waals surface area contributed by atoms with Crippen LogP contribution >= 0.6 is 0 Å². The van der Waals surface area contributed by atoms with Gasteiger partial charge in [0.15, 0.2) is 0 Å². The van der Waals surface area contributed by atoms with E-state index in [1.54, 1.807) is 0 Å². The van der Waals surface area contributed by atoms with Crippen molar-refractivity contribution in [2.75, 3.05) is 19.8 Å². The van der Waals surface area contributed by atoms with Crippen LogP contribution in [-0.2, 0) is 9.53 Å². The Balaban J connectivity index is 1.76. The molecule has 0 aromatic rings. The summed E-state index contributed by atoms with van der Waals surface area (Å²) in [6.07, 6.45) is 7.06. The highest BCUT2D eigenvalue weighted by atomic mass is 16.5. The standard InChI is InChI=1S/C13H23NO3/c15-10-11-4-1-2-8-14(11)13(16)7-6-12-5-3-9-17-12/h11-12,15H,1-10H2. The van der Waals surface area contributed by atoms with Crippen LogP contribution < -0.4 is 0 Å². The van der Waals surface area contributed by atoms with Crippen LogP contribution in [0.2, 0.25) is 0 Å². The van der Waals surface area contributed by atoms with E-state index in [0.717, 1.165) is 51.7 Å². The van der Waals surface area contributed by atoms with Gasteiger partial charge in [0, 0.05) is 19.6 Å². The van der Waals surface area contributed by atoms with Gasteiger partial charge in [-0.1, -0.05) is 0 Å². The summed E-state index contributed by atoms with van der Waals surface area (Å²) in [5, 5.41) is 9.27. The second-order valence-corrected chi connectivity index (χ2v) is 5.09. The van der Waals surface area contributed by atoms with E-state index in [1.807, 2.05) is 4.90 Å². The molecule has 2 atom stereocenters. The highest BCUT2D eigenvalue weighted by molar-refractivity contribution is 5.76. The lowest BCUT2D eigenvalue weighted by molar-refractivity contribution is -0.136. The summed E-state index contributed by atoms with van der Waals surface area (Å²) >= 11 is 0. The van der Waals surface area contributed by atoms with Gasteiger partial charge in [-0.2, -0.15) is 0 Å². The molecule has 2 rings (SSSR count). The van der Waals surface area contributed by atoms with Crippen LogP contribution in [0.3, 0.4) is 0 Å². The first-order valence-electron chi connectivity index (χ1n) is 6.83. The first-order valence-corrected chi connectivity index (χ1v) is 6.83. The number of aliphatic hydroxyl groups excluding tert-OH is 1. The quantitative estimate of drug-likeness (QED) is 0.807. The van der Waals surface area contributed by atoms with Crippen LogP contribution in [0.25, 0.3) is 0 Å². The van der Waals surface area contributed by atoms with Crippen molar-refractivity contribution in [2.45, 2.75) is 57.1 Å². The minimum Gasteiger partial charge on any atom is -0.394 e. The minimum atomic E-state index is 0.0562. The molecular weight excluding hydrogens is 218 g/mol. The second-order valence-electron chi connectivity index (χ2n) is 5.09. The van der Waals surface area contributed by atoms with Gasteiger partial charge >= 0.3 is 0 Å². The summed E-state index contributed by atoms with van der Waals surface area (Å²) in [5.41, 5.74) is 0. The predicted octanol–water partition coefficient (Wildman–Crippen LogP) is 1.32. The number of nitrogens with zero attached hydrogens (tertiary/aromatic N) is 1. The fourth-order valence-corrected chi connectivity index (χ4v) is 2.82. The monoisotopic (exact) mass is 241 g/mol. The number of ether oxygens (including phenoxy) is 1. The van der Waals surface area contributed by atoms with Crippen LogP contribution in [-0.4, -0.2) is 47.8 Å². The number of piperidine rings is 1. The van der Waals surface area contributed by atoms with Crippen LogP contribution in [0, 0.1) is 0 Å². The van der Waals surface area contributed by atoms with Gasteiger partial charge in [-0.25, -0.2) is 0 Å². The molecule has 0 saturated carbocycles. The van der Waals surface area contributed by atoms with Crippen molar-refractivity contribution in [1.82, 2.24) is 4.90 Å². The molecule has 0 aromatic carbocycles. The molecule has 2 heterocycles. The van der Waals surface area contributed by atoms with E-state index in [-0.39, 0.29) is 24.7 Å². The molecule has 4 heteroatoms. The summed E-state index contributed by atoms with van der Waals surface area (Å²) in [7, 11) is 0. The lowest BCUT2D eigenvalue weighted by Gasteiger charge is -2.34. The maximum Gasteiger partial charge on any atom is 0.222 e. The average Bonchev–Trinajstić information content (AvgIpc) is 2.89. The zero-order chi connectivity index (χ0) is 12.1. The Bertz CT molecular complexity index is 251. The topological polar surface area (TPSA) is 49.8 Å². The third kappa shape index (κ3) is 3.42. The molecule has 0 aromatic heterocycles. The molecule has 1 amide bonds. The van der Waals surface area contributed by atoms with Gasteiger partial charge in [0.25, 0.3) is 0 Å². The Kier molecular flexibility index (Phi) is 4.80. The van der Waals surface area contributed by atoms with Gasteiger partial charge < -0.3 is 14.7 Å². The number of rotatable bonds is 4. The normalized spacial score (nSPS) is 29.6. The molecule has 2 fully saturated rings. The Hall–Kier alpha value is -0.610. The molecule has 2 aliphatic heterocycles. The van der Waals surface area contributed by atoms with E-state index in [0.29, 0.717) is 6.42 Å². The molecule has 98 valence electrons. The molecule has 0 spiro atoms. The molecule has 0 radical (unpaired) electrons. The molecule has 2 unspecified atom stereocenters. The van der Waals surface area contributed by atoms with Crippen molar-refractivity contribution in [3.05, 3.63) is 0 Å². The highest BCUT2D eigenvalue weighted by Crippen LogP contribution is 2.21. The van der Waals surface area contributed by atoms with Crippen molar-refractivity contribution < 1.29 is 14.6 Å². The van der Waals surface area contributed by atoms with E-state index in [1.165, 1.54) is 0 Å². The summed E-state index contributed by atoms with van der Waals surface area (Å²) in [6, 6.07) is 0.0562. The summed E-state index contributed by atoms with van der Waals surface area (Å²) < 4.78 is 5.52. The van der Waals surface area contributed by atoms with Crippen molar-refractivity contribution in [1.29, 1.82) is 0 Å². The maximum atomic E-state index is 12.1. The maximum absolute atomic E-state index is 12.1. The van der Waals surface area contributed by atoms with Crippen LogP contribution in [0.1, 0.15) is 44.9 Å². The molecule has 2 aliphatic rings. The van der Waals surface area contributed by atoms with Gasteiger partial charge in [0.05, 0.1) is 18.8 Å². The SMILES string of the molecule is O=C(CCC1CCCO1)N1CCCCC1CO. The number of amides is 1. The Morgan fingerprint density at radius 3 is 2.88 bits per heavy atom. The molecule has 0 aliphatic carbocycles. The summed E-state index contributed by atoms with van der Waals surface area (Å²) in [4.78, 5) is 14.0. The molecule has 1 N–H and O–H groups in total. The van der Waals surface area contributed by atoms with E-state index < -0.39 is 0 Å². The Labute approximate surface area is 103 Å². The smallest absolute Gasteiger partial charge is 0.222 e. The Morgan fingerprint density at radius 1 is 1.29 bits per heavy atom. The fourth-order valence-electron chi connectivity index (χ4n) is 2.82. The largest absolute Gasteiger partial charge is 0.394 e. The molecule has 4 nitrogen and oxygen atoms in total. The number of aliphatic hydroxyl groups is 1. The van der Waals surface area contributed by atoms with Crippen molar-refractivity contribution in [3.63, 3.8) is 0 Å². The zero-order valence-electron chi connectivity index (χ0n) is 10.4. The van der Waals surface area contributed by atoms with Crippen molar-refractivity contribution in [3.8, 4) is 0 Å². The van der Waals surface area contributed by atoms with Gasteiger partial charge in [-0.15, -0.1) is 0 Å². The fraction of sp³-hybridized carbons (Fsp3) is 0.923. The summed E-state index contributed by atoms with van der Waals surface area (Å²) in [6.45, 7) is 1.77. The number of hydrogen-bond acceptors (Lipinski definition) is 3. The summed E-state index contributed by atoms with van der Waals surface area (Å²) in [5.74, 6) is 0.194. The molecular formula is C13H23NO3. The highest BCUT2D eigenvalue weighted by Gasteiger charge is 2.26. The first kappa shape index (κ1) is 12.8. The van der Waals surface area contributed by atoms with E-state index in [2.05, 4.69) is 0 Å². The third-order valence-corrected chi connectivity index (χ3v) is 3.86. The van der Waals surface area contributed by atoms with Crippen LogP contribution in [0.4, 0.5) is 0 Å². The number of likely N-dealkylation sites (tertiary alicyclic amines) is 1. The molecule has 2 saturated heterocycles. The first-order chi connectivity index (χ1) is 8.31. The zero-order valence-corrected chi connectivity index (χ0v) is 10.4. The van der Waals surface area contributed by atoms with Crippen molar-refractivity contribution in [2.24, 2.45) is 0 Å². The number of hydrogen-bond donors (Lipinski definition) is 1. The number of carbonyl (C=O) groups excluding carboxylic acids is 1. The lowest BCUT2D eigenvalue weighted by Crippen LogP contribution is -2.45. The third-order valence-electron chi connectivity index (χ3n) is 3.86. The van der Waals surface area contributed by atoms with Gasteiger partial charge in [-0.3, -0.25) is 4.79 Å². The van der Waals surface area contributed by atoms with E-state index in [9.17, 15) is 9.90 Å². The van der Waals surface area contributed by atoms with Gasteiger partial charge in [0.1, 0.15) is 0 Å². The minimum absolute atomic E-state index is 0.0562. The van der Waals surface area contributed by atoms with Gasteiger partial charge in [0.2, 0.25) is 5.91 Å². The van der Waals surface area contributed by atoms with Crippen molar-refractivity contribution >= 4 is 5.91 Å². The lowest BCUT2D eigenvalue weighted by atomic mass is 10.0. The average molecular weight is 241 g/mol. The Morgan fingerprint density at radius 2 is 2.18 bits per heavy atom. The molecule has 0 bridgehead atoms. The second kappa shape index (κ2) is 6.36.